The number of hydrogen-bond donors (Lipinski definition) is 3. The first-order valence-electron chi connectivity index (χ1n) is 7.57. The van der Waals surface area contributed by atoms with Gasteiger partial charge in [0.25, 0.3) is 0 Å². The van der Waals surface area contributed by atoms with Crippen LogP contribution in [0.4, 0.5) is 0 Å². The van der Waals surface area contributed by atoms with E-state index in [1.54, 1.807) is 19.1 Å². The number of aromatic hydroxyl groups is 1. The number of benzene rings is 2. The van der Waals surface area contributed by atoms with Crippen molar-refractivity contribution in [2.75, 3.05) is 0 Å². The molecule has 4 heteroatoms. The van der Waals surface area contributed by atoms with Gasteiger partial charge in [-0.15, -0.1) is 0 Å². The van der Waals surface area contributed by atoms with E-state index < -0.39 is 11.6 Å². The van der Waals surface area contributed by atoms with E-state index in [1.165, 1.54) is 5.56 Å². The van der Waals surface area contributed by atoms with E-state index in [2.05, 4.69) is 0 Å². The Kier molecular flexibility index (Phi) is 3.57. The number of aliphatic hydroxyl groups is 1. The van der Waals surface area contributed by atoms with Crippen LogP contribution < -0.4 is 0 Å². The zero-order valence-corrected chi connectivity index (χ0v) is 12.5. The smallest absolute Gasteiger partial charge is 0.303 e. The monoisotopic (exact) mass is 300 g/mol. The minimum absolute atomic E-state index is 0.0495. The number of phenols is 1. The van der Waals surface area contributed by atoms with Crippen LogP contribution in [-0.4, -0.2) is 26.9 Å². The summed E-state index contributed by atoms with van der Waals surface area (Å²) in [6, 6.07) is 9.20. The van der Waals surface area contributed by atoms with Crippen molar-refractivity contribution in [3.8, 4) is 5.75 Å². The maximum atomic E-state index is 10.9. The minimum Gasteiger partial charge on any atom is -0.508 e. The lowest BCUT2D eigenvalue weighted by Crippen LogP contribution is -2.37. The Morgan fingerprint density at radius 3 is 2.82 bits per heavy atom. The molecule has 0 amide bonds. The van der Waals surface area contributed by atoms with Gasteiger partial charge in [-0.1, -0.05) is 18.2 Å². The molecular weight excluding hydrogens is 280 g/mol. The van der Waals surface area contributed by atoms with Crippen molar-refractivity contribution >= 4 is 16.7 Å². The predicted octanol–water partition coefficient (Wildman–Crippen LogP) is 3.19. The SMILES string of the molecule is CC1(O)CCc2c(ccc3cc(O)ccc23)C1CCC(=O)O. The molecule has 0 bridgehead atoms. The highest BCUT2D eigenvalue weighted by Gasteiger charge is 2.38. The molecule has 0 aliphatic heterocycles. The van der Waals surface area contributed by atoms with Crippen molar-refractivity contribution in [1.82, 2.24) is 0 Å². The van der Waals surface area contributed by atoms with E-state index in [4.69, 9.17) is 5.11 Å². The van der Waals surface area contributed by atoms with Gasteiger partial charge >= 0.3 is 5.97 Å². The molecule has 2 aromatic rings. The van der Waals surface area contributed by atoms with Gasteiger partial charge in [0.2, 0.25) is 0 Å². The largest absolute Gasteiger partial charge is 0.508 e. The van der Waals surface area contributed by atoms with Crippen LogP contribution >= 0.6 is 0 Å². The van der Waals surface area contributed by atoms with Gasteiger partial charge in [0.1, 0.15) is 5.75 Å². The summed E-state index contributed by atoms with van der Waals surface area (Å²) in [7, 11) is 0. The summed E-state index contributed by atoms with van der Waals surface area (Å²) in [6.07, 6.45) is 1.85. The normalized spacial score (nSPS) is 24.2. The molecule has 4 nitrogen and oxygen atoms in total. The van der Waals surface area contributed by atoms with Crippen LogP contribution in [0, 0.1) is 0 Å². The molecule has 2 unspecified atom stereocenters. The van der Waals surface area contributed by atoms with Crippen LogP contribution in [0.5, 0.6) is 5.75 Å². The minimum atomic E-state index is -0.882. The van der Waals surface area contributed by atoms with Gasteiger partial charge in [-0.05, 0) is 60.2 Å². The number of carbonyl (C=O) groups is 1. The zero-order chi connectivity index (χ0) is 15.9. The third-order valence-electron chi connectivity index (χ3n) is 4.81. The fraction of sp³-hybridized carbons (Fsp3) is 0.389. The molecule has 2 atom stereocenters. The highest BCUT2D eigenvalue weighted by atomic mass is 16.4. The van der Waals surface area contributed by atoms with Gasteiger partial charge in [-0.25, -0.2) is 0 Å². The maximum Gasteiger partial charge on any atom is 0.303 e. The van der Waals surface area contributed by atoms with Gasteiger partial charge in [0.15, 0.2) is 0 Å². The average molecular weight is 300 g/mol. The van der Waals surface area contributed by atoms with E-state index in [0.717, 1.165) is 22.8 Å². The van der Waals surface area contributed by atoms with Crippen molar-refractivity contribution in [2.45, 2.75) is 44.1 Å². The molecular formula is C18H20O4. The van der Waals surface area contributed by atoms with Crippen molar-refractivity contribution in [2.24, 2.45) is 0 Å². The van der Waals surface area contributed by atoms with Crippen molar-refractivity contribution in [1.29, 1.82) is 0 Å². The van der Waals surface area contributed by atoms with E-state index in [1.807, 2.05) is 18.2 Å². The topological polar surface area (TPSA) is 77.8 Å². The van der Waals surface area contributed by atoms with Crippen molar-refractivity contribution in [3.63, 3.8) is 0 Å². The number of hydrogen-bond acceptors (Lipinski definition) is 3. The standard InChI is InChI=1S/C18H20O4/c1-18(22)9-8-14-13-5-3-12(19)10-11(13)2-4-15(14)16(18)6-7-17(20)21/h2-5,10,16,19,22H,6-9H2,1H3,(H,20,21). The second kappa shape index (κ2) is 5.29. The molecule has 1 aliphatic rings. The zero-order valence-electron chi connectivity index (χ0n) is 12.5. The molecule has 116 valence electrons. The summed E-state index contributed by atoms with van der Waals surface area (Å²) >= 11 is 0. The Bertz CT molecular complexity index is 733. The Hall–Kier alpha value is -2.07. The molecule has 0 spiro atoms. The molecule has 22 heavy (non-hydrogen) atoms. The predicted molar refractivity (Wildman–Crippen MR) is 84.2 cm³/mol. The van der Waals surface area contributed by atoms with Gasteiger partial charge in [0.05, 0.1) is 5.60 Å². The highest BCUT2D eigenvalue weighted by Crippen LogP contribution is 2.44. The number of rotatable bonds is 3. The van der Waals surface area contributed by atoms with Crippen molar-refractivity contribution < 1.29 is 20.1 Å². The van der Waals surface area contributed by atoms with Gasteiger partial charge < -0.3 is 15.3 Å². The molecule has 0 saturated carbocycles. The Morgan fingerprint density at radius 2 is 2.09 bits per heavy atom. The number of carboxylic acid groups (broad SMARTS) is 1. The molecule has 0 fully saturated rings. The molecule has 3 N–H and O–H groups in total. The average Bonchev–Trinajstić information content (AvgIpc) is 2.44. The first-order chi connectivity index (χ1) is 10.4. The Morgan fingerprint density at radius 1 is 1.32 bits per heavy atom. The summed E-state index contributed by atoms with van der Waals surface area (Å²) in [5, 5.41) is 31.3. The Balaban J connectivity index is 2.10. The van der Waals surface area contributed by atoms with E-state index >= 15 is 0 Å². The van der Waals surface area contributed by atoms with Crippen LogP contribution in [0.3, 0.4) is 0 Å². The first-order valence-corrected chi connectivity index (χ1v) is 7.57. The quantitative estimate of drug-likeness (QED) is 0.813. The second-order valence-electron chi connectivity index (χ2n) is 6.38. The fourth-order valence-corrected chi connectivity index (χ4v) is 3.63. The van der Waals surface area contributed by atoms with E-state index in [-0.39, 0.29) is 18.1 Å². The fourth-order valence-electron chi connectivity index (χ4n) is 3.63. The number of aryl methyl sites for hydroxylation is 1. The molecule has 3 rings (SSSR count). The molecule has 0 saturated heterocycles. The summed E-state index contributed by atoms with van der Waals surface area (Å²) < 4.78 is 0. The molecule has 2 aromatic carbocycles. The van der Waals surface area contributed by atoms with E-state index in [0.29, 0.717) is 12.8 Å². The van der Waals surface area contributed by atoms with Gasteiger partial charge in [0, 0.05) is 12.3 Å². The molecule has 0 heterocycles. The first kappa shape index (κ1) is 14.9. The third kappa shape index (κ3) is 2.55. The molecule has 1 aliphatic carbocycles. The Labute approximate surface area is 129 Å². The summed E-state index contributed by atoms with van der Waals surface area (Å²) in [5.74, 6) is -0.781. The van der Waals surface area contributed by atoms with Crippen LogP contribution in [0.1, 0.15) is 43.2 Å². The van der Waals surface area contributed by atoms with Crippen molar-refractivity contribution in [3.05, 3.63) is 41.5 Å². The second-order valence-corrected chi connectivity index (χ2v) is 6.38. The van der Waals surface area contributed by atoms with Crippen LogP contribution in [0.15, 0.2) is 30.3 Å². The third-order valence-corrected chi connectivity index (χ3v) is 4.81. The van der Waals surface area contributed by atoms with Crippen LogP contribution in [0.2, 0.25) is 0 Å². The van der Waals surface area contributed by atoms with Gasteiger partial charge in [-0.3, -0.25) is 4.79 Å². The summed E-state index contributed by atoms with van der Waals surface area (Å²) in [6.45, 7) is 1.80. The lowest BCUT2D eigenvalue weighted by molar-refractivity contribution is -0.137. The highest BCUT2D eigenvalue weighted by molar-refractivity contribution is 5.88. The van der Waals surface area contributed by atoms with Crippen LogP contribution in [-0.2, 0) is 11.2 Å². The van der Waals surface area contributed by atoms with E-state index in [9.17, 15) is 15.0 Å². The maximum absolute atomic E-state index is 10.9. The number of fused-ring (bicyclic) bond motifs is 3. The van der Waals surface area contributed by atoms with Gasteiger partial charge in [-0.2, -0.15) is 0 Å². The lowest BCUT2D eigenvalue weighted by Gasteiger charge is -2.39. The summed E-state index contributed by atoms with van der Waals surface area (Å²) in [4.78, 5) is 10.9. The van der Waals surface area contributed by atoms with Crippen LogP contribution in [0.25, 0.3) is 10.8 Å². The number of carboxylic acids is 1. The number of aliphatic carboxylic acids is 1. The molecule has 0 aromatic heterocycles. The molecule has 0 radical (unpaired) electrons. The number of phenolic OH excluding ortho intramolecular Hbond substituents is 1. The summed E-state index contributed by atoms with van der Waals surface area (Å²) in [5.41, 5.74) is 1.32. The lowest BCUT2D eigenvalue weighted by atomic mass is 9.70.